The molecule has 7 heteroatoms. The summed E-state index contributed by atoms with van der Waals surface area (Å²) in [6.07, 6.45) is 4.99. The summed E-state index contributed by atoms with van der Waals surface area (Å²) in [5, 5.41) is 3.54. The van der Waals surface area contributed by atoms with Crippen LogP contribution >= 0.6 is 0 Å². The van der Waals surface area contributed by atoms with E-state index in [9.17, 15) is 14.0 Å². The van der Waals surface area contributed by atoms with Gasteiger partial charge in [-0.2, -0.15) is 0 Å². The van der Waals surface area contributed by atoms with Crippen molar-refractivity contribution in [1.29, 1.82) is 0 Å². The number of aromatic nitrogens is 2. The van der Waals surface area contributed by atoms with Crippen LogP contribution in [0.15, 0.2) is 48.8 Å². The van der Waals surface area contributed by atoms with Crippen molar-refractivity contribution in [3.63, 3.8) is 0 Å². The van der Waals surface area contributed by atoms with Crippen LogP contribution in [0, 0.1) is 29.5 Å². The number of Topliss-reactive ketones (excluding diaryl/α,β-unsaturated/α-hetero) is 1. The summed E-state index contributed by atoms with van der Waals surface area (Å²) < 4.78 is 19.9. The molecule has 2 fully saturated rings. The Balaban J connectivity index is 1.18. The maximum Gasteiger partial charge on any atom is 0.228 e. The van der Waals surface area contributed by atoms with Crippen LogP contribution < -0.4 is 10.1 Å². The second kappa shape index (κ2) is 7.97. The molecule has 2 heterocycles. The molecule has 0 saturated heterocycles. The van der Waals surface area contributed by atoms with Crippen LogP contribution in [0.4, 0.5) is 10.2 Å². The van der Waals surface area contributed by atoms with Crippen LogP contribution in [0.25, 0.3) is 10.9 Å². The molecule has 164 valence electrons. The lowest BCUT2D eigenvalue weighted by Gasteiger charge is -2.20. The number of rotatable bonds is 6. The zero-order valence-corrected chi connectivity index (χ0v) is 17.9. The summed E-state index contributed by atoms with van der Waals surface area (Å²) in [7, 11) is 0. The van der Waals surface area contributed by atoms with Crippen LogP contribution in [0.2, 0.25) is 0 Å². The molecule has 1 N–H and O–H groups in total. The number of ketones is 1. The van der Waals surface area contributed by atoms with Crippen LogP contribution in [0.5, 0.6) is 5.75 Å². The molecule has 2 saturated carbocycles. The minimum atomic E-state index is -0.310. The predicted molar refractivity (Wildman–Crippen MR) is 118 cm³/mol. The fourth-order valence-corrected chi connectivity index (χ4v) is 5.15. The quantitative estimate of drug-likeness (QED) is 0.573. The minimum absolute atomic E-state index is 0.0550. The van der Waals surface area contributed by atoms with Crippen molar-refractivity contribution in [3.05, 3.63) is 60.2 Å². The Morgan fingerprint density at radius 1 is 1.12 bits per heavy atom. The zero-order chi connectivity index (χ0) is 22.4. The maximum atomic E-state index is 13.7. The molecule has 0 bridgehead atoms. The van der Waals surface area contributed by atoms with E-state index in [1.54, 1.807) is 30.5 Å². The number of hydrogen-bond donors (Lipinski definition) is 1. The van der Waals surface area contributed by atoms with Gasteiger partial charge in [-0.25, -0.2) is 9.37 Å². The number of hydrogen-bond acceptors (Lipinski definition) is 5. The van der Waals surface area contributed by atoms with E-state index in [4.69, 9.17) is 4.74 Å². The van der Waals surface area contributed by atoms with Crippen LogP contribution in [0.1, 0.15) is 37.0 Å². The first-order chi connectivity index (χ1) is 15.4. The Bertz CT molecular complexity index is 1180. The molecule has 3 unspecified atom stereocenters. The molecule has 5 atom stereocenters. The third-order valence-electron chi connectivity index (χ3n) is 6.84. The van der Waals surface area contributed by atoms with E-state index in [1.165, 1.54) is 25.3 Å². The van der Waals surface area contributed by atoms with Crippen LogP contribution in [-0.4, -0.2) is 27.8 Å². The van der Waals surface area contributed by atoms with Crippen molar-refractivity contribution in [2.75, 3.05) is 5.32 Å². The summed E-state index contributed by atoms with van der Waals surface area (Å²) in [5.74, 6) is 1.80. The summed E-state index contributed by atoms with van der Waals surface area (Å²) in [6, 6.07) is 9.61. The number of benzene rings is 1. The first kappa shape index (κ1) is 20.5. The predicted octanol–water partition coefficient (Wildman–Crippen LogP) is 4.65. The second-order valence-electron chi connectivity index (χ2n) is 8.85. The van der Waals surface area contributed by atoms with Gasteiger partial charge in [0.15, 0.2) is 5.78 Å². The van der Waals surface area contributed by atoms with E-state index in [1.807, 2.05) is 6.92 Å². The van der Waals surface area contributed by atoms with Crippen molar-refractivity contribution in [2.24, 2.45) is 23.7 Å². The van der Waals surface area contributed by atoms with Gasteiger partial charge >= 0.3 is 0 Å². The average Bonchev–Trinajstić information content (AvgIpc) is 3.28. The highest BCUT2D eigenvalue weighted by Gasteiger charge is 2.59. The number of ether oxygens (including phenoxy) is 1. The highest BCUT2D eigenvalue weighted by molar-refractivity contribution is 5.95. The monoisotopic (exact) mass is 433 g/mol. The van der Waals surface area contributed by atoms with Crippen molar-refractivity contribution >= 4 is 28.4 Å². The van der Waals surface area contributed by atoms with Crippen LogP contribution in [-0.2, 0) is 4.79 Å². The third-order valence-corrected chi connectivity index (χ3v) is 6.84. The molecule has 0 aliphatic heterocycles. The SMILES string of the molecule is CC(=O)c1ccc(NC(=O)C(C)C2[C@H]3CC(Oc4ccnc5ccc(F)cc45)C[C@@H]23)nc1. The Morgan fingerprint density at radius 2 is 1.91 bits per heavy atom. The van der Waals surface area contributed by atoms with Gasteiger partial charge in [-0.05, 0) is 73.9 Å². The molecule has 6 nitrogen and oxygen atoms in total. The van der Waals surface area contributed by atoms with E-state index in [0.717, 1.165) is 12.8 Å². The van der Waals surface area contributed by atoms with E-state index in [2.05, 4.69) is 15.3 Å². The van der Waals surface area contributed by atoms with Gasteiger partial charge in [0.25, 0.3) is 0 Å². The molecule has 32 heavy (non-hydrogen) atoms. The first-order valence-corrected chi connectivity index (χ1v) is 10.9. The first-order valence-electron chi connectivity index (χ1n) is 10.9. The Kier molecular flexibility index (Phi) is 5.12. The number of nitrogens with zero attached hydrogens (tertiary/aromatic N) is 2. The number of amides is 1. The lowest BCUT2D eigenvalue weighted by molar-refractivity contribution is -0.120. The molecule has 3 aromatic rings. The minimum Gasteiger partial charge on any atom is -0.490 e. The molecule has 1 amide bonds. The third kappa shape index (κ3) is 3.83. The molecular formula is C25H24FN3O3. The van der Waals surface area contributed by atoms with E-state index in [-0.39, 0.29) is 29.5 Å². The molecular weight excluding hydrogens is 409 g/mol. The Morgan fingerprint density at radius 3 is 2.59 bits per heavy atom. The normalized spacial score (nSPS) is 24.6. The van der Waals surface area contributed by atoms with Gasteiger partial charge in [0.2, 0.25) is 5.91 Å². The number of pyridine rings is 2. The standard InChI is InChI=1S/C25H24FN3O3/c1-13(25(31)29-23-6-3-15(12-28-23)14(2)30)24-18-10-17(11-19(18)24)32-22-7-8-27-21-5-4-16(26)9-20(21)22/h3-9,12-13,17-19,24H,10-11H2,1-2H3,(H,28,29,31)/t13?,17?,18-,19+,24?. The van der Waals surface area contributed by atoms with Gasteiger partial charge < -0.3 is 10.1 Å². The number of halogens is 1. The largest absolute Gasteiger partial charge is 0.490 e. The van der Waals surface area contributed by atoms with Crippen LogP contribution in [0.3, 0.4) is 0 Å². The van der Waals surface area contributed by atoms with Gasteiger partial charge in [0, 0.05) is 29.3 Å². The highest BCUT2D eigenvalue weighted by atomic mass is 19.1. The van der Waals surface area contributed by atoms with Crippen molar-refractivity contribution < 1.29 is 18.7 Å². The number of carbonyl (C=O) groups is 2. The van der Waals surface area contributed by atoms with Gasteiger partial charge in [-0.3, -0.25) is 14.6 Å². The van der Waals surface area contributed by atoms with Crippen molar-refractivity contribution in [3.8, 4) is 5.75 Å². The number of nitrogens with one attached hydrogen (secondary N) is 1. The maximum absolute atomic E-state index is 13.7. The molecule has 2 aliphatic carbocycles. The lowest BCUT2D eigenvalue weighted by atomic mass is 9.97. The topological polar surface area (TPSA) is 81.2 Å². The molecule has 0 radical (unpaired) electrons. The average molecular weight is 433 g/mol. The van der Waals surface area contributed by atoms with E-state index in [0.29, 0.717) is 45.8 Å². The fourth-order valence-electron chi connectivity index (χ4n) is 5.15. The second-order valence-corrected chi connectivity index (χ2v) is 8.85. The van der Waals surface area contributed by atoms with Crippen molar-refractivity contribution in [1.82, 2.24) is 9.97 Å². The van der Waals surface area contributed by atoms with Crippen molar-refractivity contribution in [2.45, 2.75) is 32.8 Å². The summed E-state index contributed by atoms with van der Waals surface area (Å²) in [6.45, 7) is 3.44. The zero-order valence-electron chi connectivity index (χ0n) is 17.9. The summed E-state index contributed by atoms with van der Waals surface area (Å²) in [5.41, 5.74) is 1.23. The fraction of sp³-hybridized carbons (Fsp3) is 0.360. The molecule has 0 spiro atoms. The summed E-state index contributed by atoms with van der Waals surface area (Å²) in [4.78, 5) is 32.5. The number of carbonyl (C=O) groups excluding carboxylic acids is 2. The molecule has 2 aliphatic rings. The molecule has 5 rings (SSSR count). The highest BCUT2D eigenvalue weighted by Crippen LogP contribution is 2.61. The number of fused-ring (bicyclic) bond motifs is 2. The smallest absolute Gasteiger partial charge is 0.228 e. The van der Waals surface area contributed by atoms with E-state index >= 15 is 0 Å². The van der Waals surface area contributed by atoms with Gasteiger partial charge in [0.1, 0.15) is 17.4 Å². The Labute approximate surface area is 185 Å². The summed E-state index contributed by atoms with van der Waals surface area (Å²) >= 11 is 0. The van der Waals surface area contributed by atoms with Gasteiger partial charge in [-0.15, -0.1) is 0 Å². The van der Waals surface area contributed by atoms with E-state index < -0.39 is 0 Å². The number of anilines is 1. The Hall–Kier alpha value is -3.35. The van der Waals surface area contributed by atoms with Gasteiger partial charge in [0.05, 0.1) is 11.6 Å². The molecule has 2 aromatic heterocycles. The molecule has 1 aromatic carbocycles. The van der Waals surface area contributed by atoms with Gasteiger partial charge in [-0.1, -0.05) is 6.92 Å². The lowest BCUT2D eigenvalue weighted by Crippen LogP contribution is -2.26.